The Hall–Kier alpha value is -2.58. The van der Waals surface area contributed by atoms with Gasteiger partial charge in [-0.15, -0.1) is 0 Å². The highest BCUT2D eigenvalue weighted by Gasteiger charge is 2.26. The topological polar surface area (TPSA) is 73.0 Å². The van der Waals surface area contributed by atoms with Gasteiger partial charge in [-0.25, -0.2) is 8.42 Å². The fourth-order valence-electron chi connectivity index (χ4n) is 4.14. The molecule has 2 aromatic carbocycles. The Morgan fingerprint density at radius 2 is 1.45 bits per heavy atom. The van der Waals surface area contributed by atoms with Crippen LogP contribution in [0.3, 0.4) is 0 Å². The zero-order valence-electron chi connectivity index (χ0n) is 17.7. The summed E-state index contributed by atoms with van der Waals surface area (Å²) in [6.07, 6.45) is 2.92. The van der Waals surface area contributed by atoms with Crippen molar-refractivity contribution in [3.8, 4) is 0 Å². The third kappa shape index (κ3) is 5.19. The predicted octanol–water partition coefficient (Wildman–Crippen LogP) is 2.62. The second kappa shape index (κ2) is 9.70. The summed E-state index contributed by atoms with van der Waals surface area (Å²) in [6.45, 7) is 4.41. The number of rotatable bonds is 6. The fraction of sp³-hybridized carbons (Fsp3) is 0.435. The van der Waals surface area contributed by atoms with Crippen molar-refractivity contribution < 1.29 is 13.2 Å². The molecule has 2 aliphatic heterocycles. The SMILES string of the molecule is O=C(CNc1ccc(S(=O)(=O)N2CCCCC2)cc1)N1CCN(c2ccccc2)CC1. The number of carbonyl (C=O) groups is 1. The molecular weight excluding hydrogens is 412 g/mol. The van der Waals surface area contributed by atoms with Crippen LogP contribution in [0.25, 0.3) is 0 Å². The Labute approximate surface area is 184 Å². The van der Waals surface area contributed by atoms with Crippen LogP contribution in [-0.4, -0.2) is 69.3 Å². The summed E-state index contributed by atoms with van der Waals surface area (Å²) < 4.78 is 27.0. The molecular formula is C23H30N4O3S. The molecule has 31 heavy (non-hydrogen) atoms. The number of piperazine rings is 1. The van der Waals surface area contributed by atoms with E-state index in [0.717, 1.165) is 38.0 Å². The van der Waals surface area contributed by atoms with Crippen molar-refractivity contribution in [1.82, 2.24) is 9.21 Å². The molecule has 2 saturated heterocycles. The molecule has 7 nitrogen and oxygen atoms in total. The van der Waals surface area contributed by atoms with E-state index in [1.165, 1.54) is 5.69 Å². The maximum absolute atomic E-state index is 12.7. The number of hydrogen-bond acceptors (Lipinski definition) is 5. The minimum Gasteiger partial charge on any atom is -0.376 e. The van der Waals surface area contributed by atoms with Crippen LogP contribution in [0.4, 0.5) is 11.4 Å². The smallest absolute Gasteiger partial charge is 0.243 e. The summed E-state index contributed by atoms with van der Waals surface area (Å²) >= 11 is 0. The van der Waals surface area contributed by atoms with Crippen molar-refractivity contribution in [2.45, 2.75) is 24.2 Å². The van der Waals surface area contributed by atoms with Gasteiger partial charge in [-0.05, 0) is 49.2 Å². The summed E-state index contributed by atoms with van der Waals surface area (Å²) in [6, 6.07) is 17.0. The lowest BCUT2D eigenvalue weighted by molar-refractivity contribution is -0.129. The number of nitrogens with zero attached hydrogens (tertiary/aromatic N) is 3. The van der Waals surface area contributed by atoms with Gasteiger partial charge in [0.1, 0.15) is 0 Å². The average molecular weight is 443 g/mol. The van der Waals surface area contributed by atoms with E-state index in [1.54, 1.807) is 28.6 Å². The molecule has 2 aliphatic rings. The van der Waals surface area contributed by atoms with Gasteiger partial charge >= 0.3 is 0 Å². The highest BCUT2D eigenvalue weighted by atomic mass is 32.2. The highest BCUT2D eigenvalue weighted by Crippen LogP contribution is 2.22. The number of benzene rings is 2. The first kappa shape index (κ1) is 21.6. The van der Waals surface area contributed by atoms with Gasteiger partial charge in [-0.3, -0.25) is 4.79 Å². The summed E-state index contributed by atoms with van der Waals surface area (Å²) in [5, 5.41) is 3.13. The number of nitrogens with one attached hydrogen (secondary N) is 1. The number of piperidine rings is 1. The molecule has 0 aromatic heterocycles. The molecule has 0 aliphatic carbocycles. The Bertz CT molecular complexity index is 966. The summed E-state index contributed by atoms with van der Waals surface area (Å²) in [4.78, 5) is 17.1. The lowest BCUT2D eigenvalue weighted by Gasteiger charge is -2.36. The zero-order valence-corrected chi connectivity index (χ0v) is 18.6. The fourth-order valence-corrected chi connectivity index (χ4v) is 5.66. The van der Waals surface area contributed by atoms with Gasteiger partial charge in [-0.1, -0.05) is 24.6 Å². The molecule has 2 heterocycles. The number of hydrogen-bond donors (Lipinski definition) is 1. The summed E-state index contributed by atoms with van der Waals surface area (Å²) in [5.74, 6) is 0.0535. The van der Waals surface area contributed by atoms with Crippen molar-refractivity contribution >= 4 is 27.3 Å². The van der Waals surface area contributed by atoms with Crippen LogP contribution in [-0.2, 0) is 14.8 Å². The van der Waals surface area contributed by atoms with E-state index in [0.29, 0.717) is 31.1 Å². The molecule has 1 N–H and O–H groups in total. The maximum Gasteiger partial charge on any atom is 0.243 e. The van der Waals surface area contributed by atoms with E-state index in [-0.39, 0.29) is 12.5 Å². The number of sulfonamides is 1. The van der Waals surface area contributed by atoms with E-state index < -0.39 is 10.0 Å². The molecule has 166 valence electrons. The number of carbonyl (C=O) groups excluding carboxylic acids is 1. The van der Waals surface area contributed by atoms with Gasteiger partial charge in [0.15, 0.2) is 0 Å². The maximum atomic E-state index is 12.7. The van der Waals surface area contributed by atoms with Crippen molar-refractivity contribution in [3.63, 3.8) is 0 Å². The van der Waals surface area contributed by atoms with Crippen LogP contribution < -0.4 is 10.2 Å². The molecule has 0 atom stereocenters. The van der Waals surface area contributed by atoms with Crippen molar-refractivity contribution in [1.29, 1.82) is 0 Å². The molecule has 4 rings (SSSR count). The van der Waals surface area contributed by atoms with Crippen LogP contribution in [0, 0.1) is 0 Å². The van der Waals surface area contributed by atoms with Gasteiger partial charge in [0.05, 0.1) is 11.4 Å². The molecule has 0 saturated carbocycles. The third-order valence-corrected chi connectivity index (χ3v) is 7.92. The third-order valence-electron chi connectivity index (χ3n) is 6.00. The van der Waals surface area contributed by atoms with E-state index >= 15 is 0 Å². The van der Waals surface area contributed by atoms with Crippen molar-refractivity contribution in [3.05, 3.63) is 54.6 Å². The summed E-state index contributed by atoms with van der Waals surface area (Å²) in [7, 11) is -3.43. The number of amides is 1. The quantitative estimate of drug-likeness (QED) is 0.745. The first-order chi connectivity index (χ1) is 15.0. The molecule has 8 heteroatoms. The van der Waals surface area contributed by atoms with Crippen LogP contribution in [0.5, 0.6) is 0 Å². The van der Waals surface area contributed by atoms with E-state index in [4.69, 9.17) is 0 Å². The van der Waals surface area contributed by atoms with Crippen molar-refractivity contribution in [2.75, 3.05) is 56.0 Å². The van der Waals surface area contributed by atoms with E-state index in [1.807, 2.05) is 23.1 Å². The van der Waals surface area contributed by atoms with E-state index in [9.17, 15) is 13.2 Å². The first-order valence-corrected chi connectivity index (χ1v) is 12.4. The predicted molar refractivity (Wildman–Crippen MR) is 123 cm³/mol. The number of para-hydroxylation sites is 1. The molecule has 2 aromatic rings. The molecule has 2 fully saturated rings. The Morgan fingerprint density at radius 1 is 0.806 bits per heavy atom. The van der Waals surface area contributed by atoms with Gasteiger partial charge < -0.3 is 15.1 Å². The van der Waals surface area contributed by atoms with Crippen molar-refractivity contribution in [2.24, 2.45) is 0 Å². The minimum atomic E-state index is -3.43. The average Bonchev–Trinajstić information content (AvgIpc) is 2.84. The number of anilines is 2. The molecule has 0 spiro atoms. The Balaban J connectivity index is 1.27. The molecule has 0 unspecified atom stereocenters. The minimum absolute atomic E-state index is 0.0535. The van der Waals surface area contributed by atoms with E-state index in [2.05, 4.69) is 22.3 Å². The normalized spacial score (nSPS) is 18.1. The summed E-state index contributed by atoms with van der Waals surface area (Å²) in [5.41, 5.74) is 1.93. The lowest BCUT2D eigenvalue weighted by atomic mass is 10.2. The Morgan fingerprint density at radius 3 is 2.10 bits per heavy atom. The molecule has 1 amide bonds. The van der Waals surface area contributed by atoms with Gasteiger partial charge in [0.2, 0.25) is 15.9 Å². The monoisotopic (exact) mass is 442 g/mol. The van der Waals surface area contributed by atoms with Crippen LogP contribution >= 0.6 is 0 Å². The second-order valence-corrected chi connectivity index (χ2v) is 9.98. The van der Waals surface area contributed by atoms with Crippen LogP contribution in [0.15, 0.2) is 59.5 Å². The van der Waals surface area contributed by atoms with Crippen LogP contribution in [0.2, 0.25) is 0 Å². The standard InChI is InChI=1S/C23H30N4O3S/c28-23(26-17-15-25(16-18-26)21-7-3-1-4-8-21)19-24-20-9-11-22(12-10-20)31(29,30)27-13-5-2-6-14-27/h1,3-4,7-12,24H,2,5-6,13-19H2. The largest absolute Gasteiger partial charge is 0.376 e. The van der Waals surface area contributed by atoms with Gasteiger partial charge in [0.25, 0.3) is 0 Å². The van der Waals surface area contributed by atoms with Crippen LogP contribution in [0.1, 0.15) is 19.3 Å². The lowest BCUT2D eigenvalue weighted by Crippen LogP contribution is -2.50. The Kier molecular flexibility index (Phi) is 6.77. The molecule has 0 bridgehead atoms. The first-order valence-electron chi connectivity index (χ1n) is 11.0. The zero-order chi connectivity index (χ0) is 21.7. The van der Waals surface area contributed by atoms with Gasteiger partial charge in [0, 0.05) is 50.6 Å². The highest BCUT2D eigenvalue weighted by molar-refractivity contribution is 7.89. The van der Waals surface area contributed by atoms with Gasteiger partial charge in [-0.2, -0.15) is 4.31 Å². The second-order valence-electron chi connectivity index (χ2n) is 8.05. The molecule has 0 radical (unpaired) electrons.